The predicted octanol–water partition coefficient (Wildman–Crippen LogP) is 5.03. The van der Waals surface area contributed by atoms with Crippen LogP contribution in [0.15, 0.2) is 66.7 Å². The molecule has 0 unspecified atom stereocenters. The SMILES string of the molecule is C[N+](C)(C(=O)c1ccc(N2CCOCC2)cc1)c1ccc2nc(-c3ccc(N4CCSCC4)cc3)[nH]c2c1. The zero-order chi connectivity index (χ0) is 26.1. The van der Waals surface area contributed by atoms with Crippen molar-refractivity contribution in [3.63, 3.8) is 0 Å². The lowest BCUT2D eigenvalue weighted by molar-refractivity contribution is 0.0831. The van der Waals surface area contributed by atoms with E-state index >= 15 is 0 Å². The average molecular weight is 529 g/mol. The Morgan fingerprint density at radius 3 is 2.18 bits per heavy atom. The van der Waals surface area contributed by atoms with Crippen molar-refractivity contribution in [2.45, 2.75) is 0 Å². The van der Waals surface area contributed by atoms with E-state index in [9.17, 15) is 4.79 Å². The minimum absolute atomic E-state index is 0.0457. The van der Waals surface area contributed by atoms with E-state index in [1.807, 2.05) is 68.3 Å². The number of carbonyl (C=O) groups is 1. The number of benzene rings is 3. The van der Waals surface area contributed by atoms with Crippen molar-refractivity contribution in [1.29, 1.82) is 0 Å². The summed E-state index contributed by atoms with van der Waals surface area (Å²) in [6.07, 6.45) is 0. The molecule has 0 saturated carbocycles. The number of hydrogen-bond acceptors (Lipinski definition) is 6. The van der Waals surface area contributed by atoms with Crippen molar-refractivity contribution in [1.82, 2.24) is 14.5 Å². The van der Waals surface area contributed by atoms with Crippen molar-refractivity contribution in [2.24, 2.45) is 0 Å². The summed E-state index contributed by atoms with van der Waals surface area (Å²) in [6.45, 7) is 5.44. The van der Waals surface area contributed by atoms with Gasteiger partial charge in [0.15, 0.2) is 0 Å². The second-order valence-corrected chi connectivity index (χ2v) is 11.6. The van der Waals surface area contributed by atoms with E-state index in [4.69, 9.17) is 9.72 Å². The summed E-state index contributed by atoms with van der Waals surface area (Å²) in [5.41, 5.74) is 6.88. The number of ether oxygens (including phenoxy) is 1. The molecule has 2 saturated heterocycles. The van der Waals surface area contributed by atoms with Crippen LogP contribution in [0.5, 0.6) is 0 Å². The zero-order valence-electron chi connectivity index (χ0n) is 22.0. The molecule has 2 aliphatic heterocycles. The number of imidazole rings is 1. The maximum Gasteiger partial charge on any atom is 0.350 e. The number of aromatic nitrogens is 2. The van der Waals surface area contributed by atoms with Gasteiger partial charge in [0.1, 0.15) is 11.5 Å². The molecular weight excluding hydrogens is 494 g/mol. The van der Waals surface area contributed by atoms with Gasteiger partial charge >= 0.3 is 5.91 Å². The minimum Gasteiger partial charge on any atom is -0.378 e. The van der Waals surface area contributed by atoms with Crippen LogP contribution in [0.4, 0.5) is 17.1 Å². The molecule has 3 heterocycles. The Kier molecular flexibility index (Phi) is 6.86. The molecule has 1 aromatic heterocycles. The van der Waals surface area contributed by atoms with Gasteiger partial charge in [0.25, 0.3) is 0 Å². The summed E-state index contributed by atoms with van der Waals surface area (Å²) >= 11 is 2.02. The lowest BCUT2D eigenvalue weighted by Crippen LogP contribution is -2.46. The fourth-order valence-electron chi connectivity index (χ4n) is 5.21. The Balaban J connectivity index is 1.21. The summed E-state index contributed by atoms with van der Waals surface area (Å²) in [6, 6.07) is 22.7. The molecule has 2 fully saturated rings. The smallest absolute Gasteiger partial charge is 0.350 e. The third kappa shape index (κ3) is 4.91. The number of H-pyrrole nitrogens is 1. The van der Waals surface area contributed by atoms with Gasteiger partial charge in [0.2, 0.25) is 0 Å². The molecule has 0 bridgehead atoms. The third-order valence-electron chi connectivity index (χ3n) is 7.63. The summed E-state index contributed by atoms with van der Waals surface area (Å²) in [5.74, 6) is 3.26. The van der Waals surface area contributed by atoms with Crippen LogP contribution < -0.4 is 14.3 Å². The molecule has 0 radical (unpaired) electrons. The zero-order valence-corrected chi connectivity index (χ0v) is 22.8. The molecule has 6 rings (SSSR count). The molecule has 3 aromatic carbocycles. The molecule has 2 aliphatic rings. The van der Waals surface area contributed by atoms with E-state index in [2.05, 4.69) is 39.0 Å². The van der Waals surface area contributed by atoms with Gasteiger partial charge in [-0.15, -0.1) is 0 Å². The standard InChI is InChI=1S/C30H34N5O2S/c1-35(2,30(36)23-5-9-24(10-6-23)33-13-17-37-18-14-33)26-11-12-27-28(21-26)32-29(31-27)22-3-7-25(8-4-22)34-15-19-38-20-16-34/h3-12,21H,13-20H2,1-2H3,(H,31,32)/q+1. The lowest BCUT2D eigenvalue weighted by Gasteiger charge is -2.29. The summed E-state index contributed by atoms with van der Waals surface area (Å²) in [4.78, 5) is 26.6. The molecule has 0 aliphatic carbocycles. The highest BCUT2D eigenvalue weighted by molar-refractivity contribution is 7.99. The average Bonchev–Trinajstić information content (AvgIpc) is 3.42. The molecule has 38 heavy (non-hydrogen) atoms. The minimum atomic E-state index is 0.0457. The number of rotatable bonds is 5. The van der Waals surface area contributed by atoms with E-state index in [0.717, 1.165) is 73.2 Å². The Morgan fingerprint density at radius 2 is 1.50 bits per heavy atom. The van der Waals surface area contributed by atoms with Gasteiger partial charge in [-0.2, -0.15) is 11.8 Å². The third-order valence-corrected chi connectivity index (χ3v) is 8.57. The van der Waals surface area contributed by atoms with Gasteiger partial charge in [-0.25, -0.2) is 14.3 Å². The van der Waals surface area contributed by atoms with E-state index in [1.54, 1.807) is 0 Å². The number of hydrogen-bond donors (Lipinski definition) is 1. The number of nitrogens with one attached hydrogen (secondary N) is 1. The molecule has 7 nitrogen and oxygen atoms in total. The number of amides is 1. The fourth-order valence-corrected chi connectivity index (χ4v) is 6.11. The maximum atomic E-state index is 13.6. The molecule has 196 valence electrons. The number of thioether (sulfide) groups is 1. The van der Waals surface area contributed by atoms with Gasteiger partial charge < -0.3 is 19.5 Å². The molecule has 1 N–H and O–H groups in total. The maximum absolute atomic E-state index is 13.6. The number of aromatic amines is 1. The molecular formula is C30H34N5O2S+. The van der Waals surface area contributed by atoms with Crippen LogP contribution in [0.1, 0.15) is 10.4 Å². The van der Waals surface area contributed by atoms with Crippen molar-refractivity contribution in [3.8, 4) is 11.4 Å². The molecule has 4 aromatic rings. The van der Waals surface area contributed by atoms with Crippen LogP contribution in [0.3, 0.4) is 0 Å². The first-order chi connectivity index (χ1) is 18.5. The number of fused-ring (bicyclic) bond motifs is 1. The second-order valence-electron chi connectivity index (χ2n) is 10.3. The number of quaternary nitrogens is 1. The van der Waals surface area contributed by atoms with Crippen molar-refractivity contribution >= 4 is 45.8 Å². The van der Waals surface area contributed by atoms with E-state index in [0.29, 0.717) is 5.56 Å². The summed E-state index contributed by atoms with van der Waals surface area (Å²) in [7, 11) is 3.88. The topological polar surface area (TPSA) is 61.5 Å². The Bertz CT molecular complexity index is 1420. The molecule has 0 spiro atoms. The van der Waals surface area contributed by atoms with Crippen LogP contribution in [0.2, 0.25) is 0 Å². The lowest BCUT2D eigenvalue weighted by atomic mass is 10.1. The first-order valence-corrected chi connectivity index (χ1v) is 14.4. The van der Waals surface area contributed by atoms with Gasteiger partial charge in [-0.1, -0.05) is 0 Å². The van der Waals surface area contributed by atoms with Crippen molar-refractivity contribution < 1.29 is 9.53 Å². The number of nitrogens with zero attached hydrogens (tertiary/aromatic N) is 4. The summed E-state index contributed by atoms with van der Waals surface area (Å²) < 4.78 is 5.57. The number of anilines is 2. The van der Waals surface area contributed by atoms with Gasteiger partial charge in [-0.3, -0.25) is 0 Å². The molecule has 8 heteroatoms. The first-order valence-electron chi connectivity index (χ1n) is 13.2. The Labute approximate surface area is 228 Å². The quantitative estimate of drug-likeness (QED) is 0.367. The van der Waals surface area contributed by atoms with Crippen LogP contribution >= 0.6 is 11.8 Å². The van der Waals surface area contributed by atoms with E-state index in [1.165, 1.54) is 17.2 Å². The molecule has 1 amide bonds. The highest BCUT2D eigenvalue weighted by atomic mass is 32.2. The summed E-state index contributed by atoms with van der Waals surface area (Å²) in [5, 5.41) is 0. The van der Waals surface area contributed by atoms with E-state index in [-0.39, 0.29) is 10.4 Å². The van der Waals surface area contributed by atoms with Gasteiger partial charge in [0.05, 0.1) is 43.9 Å². The molecule has 0 atom stereocenters. The highest BCUT2D eigenvalue weighted by Crippen LogP contribution is 2.30. The number of carbonyl (C=O) groups excluding carboxylic acids is 1. The highest BCUT2D eigenvalue weighted by Gasteiger charge is 2.31. The van der Waals surface area contributed by atoms with Crippen molar-refractivity contribution in [2.75, 3.05) is 74.8 Å². The van der Waals surface area contributed by atoms with Gasteiger partial charge in [0, 0.05) is 66.8 Å². The van der Waals surface area contributed by atoms with Crippen LogP contribution in [0.25, 0.3) is 22.4 Å². The second kappa shape index (κ2) is 10.4. The first kappa shape index (κ1) is 25.0. The van der Waals surface area contributed by atoms with Gasteiger partial charge in [-0.05, 0) is 54.6 Å². The number of morpholine rings is 1. The monoisotopic (exact) mass is 528 g/mol. The Hall–Kier alpha value is -3.33. The van der Waals surface area contributed by atoms with Crippen LogP contribution in [0, 0.1) is 0 Å². The normalized spacial score (nSPS) is 16.7. The fraction of sp³-hybridized carbons (Fsp3) is 0.333. The van der Waals surface area contributed by atoms with Crippen LogP contribution in [-0.4, -0.2) is 80.9 Å². The van der Waals surface area contributed by atoms with E-state index < -0.39 is 0 Å². The Morgan fingerprint density at radius 1 is 0.868 bits per heavy atom. The largest absolute Gasteiger partial charge is 0.378 e. The van der Waals surface area contributed by atoms with Crippen LogP contribution in [-0.2, 0) is 4.74 Å². The predicted molar refractivity (Wildman–Crippen MR) is 159 cm³/mol. The van der Waals surface area contributed by atoms with Crippen molar-refractivity contribution in [3.05, 3.63) is 72.3 Å².